The molecule has 0 radical (unpaired) electrons. The summed E-state index contributed by atoms with van der Waals surface area (Å²) in [4.78, 5) is 14.6. The standard InChI is InChI=1S/C17H27N2O4P/c1-3-22-24(21,23-4-2)14-17(20)18-15-10-6-7-11-16(15)19-12-8-5-9-13-19/h6-7,10-11H,3-5,8-9,12-14H2,1-2H3,(H,18,20). The van der Waals surface area contributed by atoms with E-state index in [9.17, 15) is 9.36 Å². The minimum atomic E-state index is -3.39. The van der Waals surface area contributed by atoms with Gasteiger partial charge in [0.05, 0.1) is 24.6 Å². The molecule has 1 heterocycles. The second-order valence-electron chi connectivity index (χ2n) is 5.72. The van der Waals surface area contributed by atoms with Crippen molar-refractivity contribution < 1.29 is 18.4 Å². The first kappa shape index (κ1) is 19.0. The second kappa shape index (κ2) is 9.21. The Labute approximate surface area is 144 Å². The van der Waals surface area contributed by atoms with Crippen molar-refractivity contribution in [2.24, 2.45) is 0 Å². The minimum Gasteiger partial charge on any atom is -0.370 e. The zero-order valence-corrected chi connectivity index (χ0v) is 15.4. The molecule has 7 heteroatoms. The Morgan fingerprint density at radius 3 is 2.38 bits per heavy atom. The van der Waals surface area contributed by atoms with Gasteiger partial charge in [0.15, 0.2) is 0 Å². The maximum atomic E-state index is 12.5. The lowest BCUT2D eigenvalue weighted by Crippen LogP contribution is -2.30. The minimum absolute atomic E-state index is 0.245. The monoisotopic (exact) mass is 354 g/mol. The molecule has 0 saturated carbocycles. The van der Waals surface area contributed by atoms with Crippen LogP contribution in [0.3, 0.4) is 0 Å². The Balaban J connectivity index is 2.07. The maximum Gasteiger partial charge on any atom is 0.340 e. The molecule has 1 fully saturated rings. The van der Waals surface area contributed by atoms with Crippen LogP contribution < -0.4 is 10.2 Å². The molecule has 0 spiro atoms. The quantitative estimate of drug-likeness (QED) is 0.718. The van der Waals surface area contributed by atoms with Crippen LogP contribution in [0.4, 0.5) is 11.4 Å². The van der Waals surface area contributed by atoms with Gasteiger partial charge < -0.3 is 19.3 Å². The molecule has 1 amide bonds. The van der Waals surface area contributed by atoms with Crippen LogP contribution in [-0.2, 0) is 18.4 Å². The lowest BCUT2D eigenvalue weighted by atomic mass is 10.1. The number of benzene rings is 1. The first-order chi connectivity index (χ1) is 11.6. The molecule has 0 bridgehead atoms. The van der Waals surface area contributed by atoms with E-state index in [0.29, 0.717) is 0 Å². The van der Waals surface area contributed by atoms with Crippen molar-refractivity contribution in [1.82, 2.24) is 0 Å². The number of hydrogen-bond donors (Lipinski definition) is 1. The molecule has 1 aliphatic rings. The summed E-state index contributed by atoms with van der Waals surface area (Å²) in [6, 6.07) is 7.72. The summed E-state index contributed by atoms with van der Waals surface area (Å²) < 4.78 is 22.9. The number of hydrogen-bond acceptors (Lipinski definition) is 5. The Kier molecular flexibility index (Phi) is 7.28. The summed E-state index contributed by atoms with van der Waals surface area (Å²) >= 11 is 0. The van der Waals surface area contributed by atoms with Crippen molar-refractivity contribution in [3.8, 4) is 0 Å². The maximum absolute atomic E-state index is 12.5. The third kappa shape index (κ3) is 5.33. The van der Waals surface area contributed by atoms with Crippen molar-refractivity contribution in [3.63, 3.8) is 0 Å². The number of nitrogens with zero attached hydrogens (tertiary/aromatic N) is 1. The zero-order valence-electron chi connectivity index (χ0n) is 14.5. The molecule has 0 unspecified atom stereocenters. The number of para-hydroxylation sites is 2. The molecule has 1 saturated heterocycles. The predicted octanol–water partition coefficient (Wildman–Crippen LogP) is 3.88. The second-order valence-corrected chi connectivity index (χ2v) is 7.77. The lowest BCUT2D eigenvalue weighted by Gasteiger charge is -2.30. The summed E-state index contributed by atoms with van der Waals surface area (Å²) in [6.07, 6.45) is 3.29. The Morgan fingerprint density at radius 1 is 1.12 bits per heavy atom. The fourth-order valence-electron chi connectivity index (χ4n) is 2.88. The highest BCUT2D eigenvalue weighted by Gasteiger charge is 2.28. The molecule has 0 aromatic heterocycles. The predicted molar refractivity (Wildman–Crippen MR) is 96.9 cm³/mol. The van der Waals surface area contributed by atoms with Gasteiger partial charge in [0.25, 0.3) is 0 Å². The van der Waals surface area contributed by atoms with Crippen molar-refractivity contribution >= 4 is 24.9 Å². The smallest absolute Gasteiger partial charge is 0.340 e. The molecule has 1 aliphatic heterocycles. The molecule has 1 aromatic rings. The van der Waals surface area contributed by atoms with Crippen LogP contribution in [0.15, 0.2) is 24.3 Å². The van der Waals surface area contributed by atoms with Crippen LogP contribution in [0.1, 0.15) is 33.1 Å². The molecule has 2 rings (SSSR count). The van der Waals surface area contributed by atoms with Crippen LogP contribution >= 0.6 is 7.60 Å². The number of carbonyl (C=O) groups excluding carboxylic acids is 1. The van der Waals surface area contributed by atoms with E-state index in [2.05, 4.69) is 10.2 Å². The van der Waals surface area contributed by atoms with Crippen molar-refractivity contribution in [2.45, 2.75) is 33.1 Å². The Bertz CT molecular complexity index is 578. The van der Waals surface area contributed by atoms with Crippen molar-refractivity contribution in [1.29, 1.82) is 0 Å². The number of carbonyl (C=O) groups is 1. The lowest BCUT2D eigenvalue weighted by molar-refractivity contribution is -0.114. The van der Waals surface area contributed by atoms with Gasteiger partial charge >= 0.3 is 7.60 Å². The number of anilines is 2. The van der Waals surface area contributed by atoms with Gasteiger partial charge in [-0.05, 0) is 45.2 Å². The zero-order chi connectivity index (χ0) is 17.4. The van der Waals surface area contributed by atoms with Gasteiger partial charge in [-0.3, -0.25) is 9.36 Å². The summed E-state index contributed by atoms with van der Waals surface area (Å²) in [7, 11) is -3.39. The molecule has 6 nitrogen and oxygen atoms in total. The van der Waals surface area contributed by atoms with Crippen molar-refractivity contribution in [2.75, 3.05) is 42.7 Å². The van der Waals surface area contributed by atoms with E-state index in [0.717, 1.165) is 37.3 Å². The van der Waals surface area contributed by atoms with E-state index in [-0.39, 0.29) is 25.3 Å². The van der Waals surface area contributed by atoms with Gasteiger partial charge in [0, 0.05) is 13.1 Å². The topological polar surface area (TPSA) is 67.9 Å². The molecular formula is C17H27N2O4P. The highest BCUT2D eigenvalue weighted by Crippen LogP contribution is 2.47. The highest BCUT2D eigenvalue weighted by molar-refractivity contribution is 7.54. The van der Waals surface area contributed by atoms with Crippen LogP contribution in [0.2, 0.25) is 0 Å². The van der Waals surface area contributed by atoms with Gasteiger partial charge in [-0.2, -0.15) is 0 Å². The van der Waals surface area contributed by atoms with Crippen LogP contribution in [-0.4, -0.2) is 38.4 Å². The van der Waals surface area contributed by atoms with Crippen molar-refractivity contribution in [3.05, 3.63) is 24.3 Å². The van der Waals surface area contributed by atoms with Gasteiger partial charge in [-0.15, -0.1) is 0 Å². The first-order valence-corrected chi connectivity index (χ1v) is 10.3. The molecule has 1 N–H and O–H groups in total. The van der Waals surface area contributed by atoms with E-state index in [1.54, 1.807) is 13.8 Å². The fraction of sp³-hybridized carbons (Fsp3) is 0.588. The summed E-state index contributed by atoms with van der Waals surface area (Å²) in [5.74, 6) is -0.357. The van der Waals surface area contributed by atoms with Crippen LogP contribution in [0.25, 0.3) is 0 Å². The summed E-state index contributed by atoms with van der Waals surface area (Å²) in [5, 5.41) is 2.87. The van der Waals surface area contributed by atoms with Gasteiger partial charge in [0.1, 0.15) is 6.16 Å². The molecule has 24 heavy (non-hydrogen) atoms. The van der Waals surface area contributed by atoms with E-state index in [1.807, 2.05) is 24.3 Å². The average Bonchev–Trinajstić information content (AvgIpc) is 2.56. The van der Waals surface area contributed by atoms with Gasteiger partial charge in [-0.25, -0.2) is 0 Å². The number of piperidine rings is 1. The Morgan fingerprint density at radius 2 is 1.75 bits per heavy atom. The average molecular weight is 354 g/mol. The van der Waals surface area contributed by atoms with E-state index in [4.69, 9.17) is 9.05 Å². The van der Waals surface area contributed by atoms with Gasteiger partial charge in [-0.1, -0.05) is 12.1 Å². The van der Waals surface area contributed by atoms with Crippen LogP contribution in [0.5, 0.6) is 0 Å². The van der Waals surface area contributed by atoms with Gasteiger partial charge in [0.2, 0.25) is 5.91 Å². The van der Waals surface area contributed by atoms with E-state index in [1.165, 1.54) is 6.42 Å². The molecule has 0 atom stereocenters. The molecular weight excluding hydrogens is 327 g/mol. The first-order valence-electron chi connectivity index (χ1n) is 8.60. The SMILES string of the molecule is CCOP(=O)(CC(=O)Nc1ccccc1N1CCCCC1)OCC. The van der Waals surface area contributed by atoms with E-state index >= 15 is 0 Å². The molecule has 134 valence electrons. The number of nitrogens with one attached hydrogen (secondary N) is 1. The molecule has 0 aliphatic carbocycles. The fourth-order valence-corrected chi connectivity index (χ4v) is 4.35. The van der Waals surface area contributed by atoms with E-state index < -0.39 is 7.60 Å². The number of amides is 1. The number of rotatable bonds is 8. The third-order valence-electron chi connectivity index (χ3n) is 3.86. The largest absolute Gasteiger partial charge is 0.370 e. The Hall–Kier alpha value is -1.36. The normalized spacial score (nSPS) is 15.3. The third-order valence-corrected chi connectivity index (χ3v) is 5.84. The summed E-state index contributed by atoms with van der Waals surface area (Å²) in [5.41, 5.74) is 1.75. The van der Waals surface area contributed by atoms with Crippen LogP contribution in [0, 0.1) is 0 Å². The summed E-state index contributed by atoms with van der Waals surface area (Å²) in [6.45, 7) is 5.93. The molecule has 1 aromatic carbocycles. The highest BCUT2D eigenvalue weighted by atomic mass is 31.2.